The molecule has 9 heteroatoms. The van der Waals surface area contributed by atoms with Gasteiger partial charge in [-0.1, -0.05) is 18.2 Å². The molecule has 2 heterocycles. The summed E-state index contributed by atoms with van der Waals surface area (Å²) in [6, 6.07) is 8.47. The lowest BCUT2D eigenvalue weighted by molar-refractivity contribution is -0.0522. The number of halogens is 1. The molecule has 0 spiro atoms. The van der Waals surface area contributed by atoms with Gasteiger partial charge in [0.25, 0.3) is 5.56 Å². The van der Waals surface area contributed by atoms with Gasteiger partial charge in [-0.25, -0.2) is 9.59 Å². The Morgan fingerprint density at radius 2 is 2.08 bits per heavy atom. The lowest BCUT2D eigenvalue weighted by Crippen LogP contribution is -2.33. The van der Waals surface area contributed by atoms with E-state index in [0.29, 0.717) is 9.13 Å². The summed E-state index contributed by atoms with van der Waals surface area (Å²) in [5.74, 6) is -0.531. The van der Waals surface area contributed by atoms with E-state index < -0.39 is 35.7 Å². The normalized spacial score (nSPS) is 22.7. The summed E-state index contributed by atoms with van der Waals surface area (Å²) in [7, 11) is 0. The van der Waals surface area contributed by atoms with Gasteiger partial charge in [0, 0.05) is 12.6 Å². The third kappa shape index (κ3) is 3.83. The highest BCUT2D eigenvalue weighted by molar-refractivity contribution is 14.1. The van der Waals surface area contributed by atoms with Gasteiger partial charge < -0.3 is 14.6 Å². The lowest BCUT2D eigenvalue weighted by Gasteiger charge is -2.16. The molecular weight excluding hydrogens is 443 g/mol. The average Bonchev–Trinajstić information content (AvgIpc) is 3.01. The zero-order valence-corrected chi connectivity index (χ0v) is 15.1. The number of aliphatic hydroxyl groups excluding tert-OH is 1. The number of H-pyrrole nitrogens is 1. The molecule has 2 aromatic rings. The number of benzene rings is 1. The monoisotopic (exact) mass is 458 g/mol. The van der Waals surface area contributed by atoms with Crippen LogP contribution in [0.1, 0.15) is 23.0 Å². The number of aromatic nitrogens is 2. The molecule has 1 aromatic heterocycles. The van der Waals surface area contributed by atoms with Crippen LogP contribution in [0.3, 0.4) is 0 Å². The summed E-state index contributed by atoms with van der Waals surface area (Å²) in [4.78, 5) is 37.8. The number of carbonyl (C=O) groups is 1. The molecule has 3 rings (SSSR count). The van der Waals surface area contributed by atoms with Crippen LogP contribution in [0.4, 0.5) is 0 Å². The molecule has 25 heavy (non-hydrogen) atoms. The fourth-order valence-electron chi connectivity index (χ4n) is 2.61. The summed E-state index contributed by atoms with van der Waals surface area (Å²) in [5, 5.41) is 9.49. The second kappa shape index (κ2) is 7.50. The smallest absolute Gasteiger partial charge is 0.338 e. The molecular formula is C16H15IN2O6. The number of aliphatic hydroxyl groups is 1. The number of aromatic amines is 1. The number of esters is 1. The van der Waals surface area contributed by atoms with Crippen LogP contribution in [0.15, 0.2) is 46.1 Å². The van der Waals surface area contributed by atoms with Crippen molar-refractivity contribution < 1.29 is 19.4 Å². The van der Waals surface area contributed by atoms with Crippen molar-refractivity contribution >= 4 is 28.6 Å². The zero-order chi connectivity index (χ0) is 18.0. The van der Waals surface area contributed by atoms with Gasteiger partial charge in [-0.15, -0.1) is 0 Å². The molecule has 2 N–H and O–H groups in total. The van der Waals surface area contributed by atoms with E-state index in [4.69, 9.17) is 9.47 Å². The van der Waals surface area contributed by atoms with Crippen molar-refractivity contribution in [2.75, 3.05) is 6.61 Å². The Labute approximate surface area is 155 Å². The molecule has 1 aliphatic rings. The van der Waals surface area contributed by atoms with Crippen molar-refractivity contribution in [3.63, 3.8) is 0 Å². The van der Waals surface area contributed by atoms with E-state index in [1.807, 2.05) is 0 Å². The van der Waals surface area contributed by atoms with E-state index in [2.05, 4.69) is 4.98 Å². The number of nitrogens with zero attached hydrogens (tertiary/aromatic N) is 1. The molecule has 0 radical (unpaired) electrons. The molecule has 1 aromatic carbocycles. The number of rotatable bonds is 4. The van der Waals surface area contributed by atoms with Gasteiger partial charge in [0.2, 0.25) is 0 Å². The van der Waals surface area contributed by atoms with Crippen molar-refractivity contribution in [2.24, 2.45) is 0 Å². The summed E-state index contributed by atoms with van der Waals surface area (Å²) >= 11 is 1.81. The van der Waals surface area contributed by atoms with E-state index in [0.717, 1.165) is 0 Å². The molecule has 0 bridgehead atoms. The fourth-order valence-corrected chi connectivity index (χ4v) is 3.05. The van der Waals surface area contributed by atoms with Crippen LogP contribution >= 0.6 is 22.6 Å². The predicted octanol–water partition coefficient (Wildman–Crippen LogP) is 0.647. The summed E-state index contributed by atoms with van der Waals surface area (Å²) < 4.78 is 12.6. The van der Waals surface area contributed by atoms with Crippen molar-refractivity contribution in [3.8, 4) is 0 Å². The van der Waals surface area contributed by atoms with Crippen molar-refractivity contribution in [2.45, 2.75) is 24.9 Å². The number of hydrogen-bond donors (Lipinski definition) is 2. The van der Waals surface area contributed by atoms with E-state index in [-0.39, 0.29) is 13.0 Å². The van der Waals surface area contributed by atoms with Gasteiger partial charge in [-0.2, -0.15) is 0 Å². The Morgan fingerprint density at radius 1 is 1.36 bits per heavy atom. The first-order valence-electron chi connectivity index (χ1n) is 7.53. The first-order chi connectivity index (χ1) is 12.0. The molecule has 1 saturated heterocycles. The van der Waals surface area contributed by atoms with Crippen molar-refractivity contribution in [1.82, 2.24) is 9.55 Å². The van der Waals surface area contributed by atoms with Gasteiger partial charge >= 0.3 is 11.7 Å². The number of ether oxygens (including phenoxy) is 2. The largest absolute Gasteiger partial charge is 0.456 e. The quantitative estimate of drug-likeness (QED) is 0.515. The topological polar surface area (TPSA) is 111 Å². The van der Waals surface area contributed by atoms with Crippen LogP contribution in [0.2, 0.25) is 0 Å². The first kappa shape index (κ1) is 17.8. The highest BCUT2D eigenvalue weighted by atomic mass is 127. The number of hydrogen-bond acceptors (Lipinski definition) is 6. The molecule has 132 valence electrons. The Balaban J connectivity index is 1.79. The number of carbonyl (C=O) groups excluding carboxylic acids is 1. The molecule has 3 atom stereocenters. The molecule has 1 aliphatic heterocycles. The van der Waals surface area contributed by atoms with Crippen molar-refractivity contribution in [3.05, 3.63) is 66.5 Å². The van der Waals surface area contributed by atoms with Crippen molar-refractivity contribution in [1.29, 1.82) is 0 Å². The van der Waals surface area contributed by atoms with Gasteiger partial charge in [-0.05, 0) is 34.7 Å². The Morgan fingerprint density at radius 3 is 2.76 bits per heavy atom. The third-order valence-corrected chi connectivity index (χ3v) is 4.63. The zero-order valence-electron chi connectivity index (χ0n) is 12.9. The van der Waals surface area contributed by atoms with Crippen LogP contribution < -0.4 is 11.2 Å². The number of nitrogens with one attached hydrogen (secondary N) is 1. The maximum atomic E-state index is 12.2. The molecule has 0 amide bonds. The lowest BCUT2D eigenvalue weighted by atomic mass is 10.1. The second-order valence-electron chi connectivity index (χ2n) is 5.50. The molecule has 0 aliphatic carbocycles. The van der Waals surface area contributed by atoms with Crippen LogP contribution in [0.25, 0.3) is 0 Å². The molecule has 0 unspecified atom stereocenters. The molecule has 8 nitrogen and oxygen atoms in total. The SMILES string of the molecule is O=C(O[C@H]1C[C@H](n2cc(I)c(=O)[nH]c2=O)O[C@@H]1CO)c1ccccc1. The van der Waals surface area contributed by atoms with Gasteiger partial charge in [0.15, 0.2) is 0 Å². The predicted molar refractivity (Wildman–Crippen MR) is 95.3 cm³/mol. The molecule has 0 saturated carbocycles. The standard InChI is InChI=1S/C16H15IN2O6/c17-10-7-19(16(23)18-14(10)21)13-6-11(12(8-20)24-13)25-15(22)9-4-2-1-3-5-9/h1-5,7,11-13,20H,6,8H2,(H,18,21,23)/t11-,12+,13+/m0/s1. The Hall–Kier alpha value is -1.98. The van der Waals surface area contributed by atoms with Crippen LogP contribution in [-0.2, 0) is 9.47 Å². The van der Waals surface area contributed by atoms with Gasteiger partial charge in [0.05, 0.1) is 15.7 Å². The highest BCUT2D eigenvalue weighted by Gasteiger charge is 2.39. The van der Waals surface area contributed by atoms with Crippen LogP contribution in [0.5, 0.6) is 0 Å². The van der Waals surface area contributed by atoms with E-state index in [9.17, 15) is 19.5 Å². The maximum absolute atomic E-state index is 12.2. The second-order valence-corrected chi connectivity index (χ2v) is 6.66. The third-order valence-electron chi connectivity index (χ3n) is 3.86. The Kier molecular flexibility index (Phi) is 5.35. The van der Waals surface area contributed by atoms with E-state index >= 15 is 0 Å². The fraction of sp³-hybridized carbons (Fsp3) is 0.312. The minimum Gasteiger partial charge on any atom is -0.456 e. The molecule has 1 fully saturated rings. The minimum atomic E-state index is -0.755. The van der Waals surface area contributed by atoms with E-state index in [1.165, 1.54) is 10.8 Å². The van der Waals surface area contributed by atoms with Gasteiger partial charge in [0.1, 0.15) is 18.4 Å². The van der Waals surface area contributed by atoms with Gasteiger partial charge in [-0.3, -0.25) is 14.3 Å². The van der Waals surface area contributed by atoms with E-state index in [1.54, 1.807) is 52.9 Å². The summed E-state index contributed by atoms with van der Waals surface area (Å²) in [5.41, 5.74) is -0.717. The average molecular weight is 458 g/mol. The van der Waals surface area contributed by atoms with Crippen LogP contribution in [-0.4, -0.2) is 39.4 Å². The summed E-state index contributed by atoms with van der Waals surface area (Å²) in [6.45, 7) is -0.363. The van der Waals surface area contributed by atoms with Crippen LogP contribution in [0, 0.1) is 3.57 Å². The summed E-state index contributed by atoms with van der Waals surface area (Å²) in [6.07, 6.45) is -0.648. The first-order valence-corrected chi connectivity index (χ1v) is 8.61. The Bertz CT molecular complexity index is 878. The minimum absolute atomic E-state index is 0.186. The maximum Gasteiger partial charge on any atom is 0.338 e. The highest BCUT2D eigenvalue weighted by Crippen LogP contribution is 2.30.